The summed E-state index contributed by atoms with van der Waals surface area (Å²) in [6.07, 6.45) is 6.01. The zero-order chi connectivity index (χ0) is 13.0. The normalized spacial score (nSPS) is 17.2. The molecule has 1 aliphatic heterocycles. The summed E-state index contributed by atoms with van der Waals surface area (Å²) >= 11 is 0. The number of amides is 1. The molecule has 1 amide bonds. The van der Waals surface area contributed by atoms with Gasteiger partial charge in [0.2, 0.25) is 5.91 Å². The van der Waals surface area contributed by atoms with Gasteiger partial charge in [0, 0.05) is 6.54 Å². The molecule has 3 heteroatoms. The first-order valence-corrected chi connectivity index (χ1v) is 6.19. The van der Waals surface area contributed by atoms with E-state index in [2.05, 4.69) is 5.92 Å². The number of terminal acetylenes is 1. The van der Waals surface area contributed by atoms with Crippen LogP contribution < -0.4 is 4.74 Å². The van der Waals surface area contributed by atoms with E-state index in [0.29, 0.717) is 19.7 Å². The molecule has 18 heavy (non-hydrogen) atoms. The predicted octanol–water partition coefficient (Wildman–Crippen LogP) is 1.72. The van der Waals surface area contributed by atoms with Crippen LogP contribution in [0.4, 0.5) is 0 Å². The number of nitrogens with zero attached hydrogens (tertiary/aromatic N) is 1. The Bertz CT molecular complexity index is 476. The largest absolute Gasteiger partial charge is 0.492 e. The Hall–Kier alpha value is -1.95. The van der Waals surface area contributed by atoms with E-state index < -0.39 is 0 Å². The fourth-order valence-corrected chi connectivity index (χ4v) is 2.20. The summed E-state index contributed by atoms with van der Waals surface area (Å²) in [5.41, 5.74) is 1.10. The van der Waals surface area contributed by atoms with Gasteiger partial charge >= 0.3 is 0 Å². The Morgan fingerprint density at radius 1 is 1.56 bits per heavy atom. The molecule has 94 valence electrons. The number of para-hydroxylation sites is 1. The van der Waals surface area contributed by atoms with Gasteiger partial charge in [-0.2, -0.15) is 0 Å². The molecule has 3 nitrogen and oxygen atoms in total. The highest BCUT2D eigenvalue weighted by molar-refractivity contribution is 5.80. The molecular weight excluding hydrogens is 226 g/mol. The van der Waals surface area contributed by atoms with E-state index in [-0.39, 0.29) is 11.8 Å². The minimum Gasteiger partial charge on any atom is -0.492 e. The van der Waals surface area contributed by atoms with Crippen LogP contribution in [0.3, 0.4) is 0 Å². The van der Waals surface area contributed by atoms with Gasteiger partial charge in [-0.25, -0.2) is 0 Å². The maximum atomic E-state index is 12.3. The first-order chi connectivity index (χ1) is 8.76. The van der Waals surface area contributed by atoms with Gasteiger partial charge < -0.3 is 9.64 Å². The van der Waals surface area contributed by atoms with Gasteiger partial charge in [0.25, 0.3) is 0 Å². The van der Waals surface area contributed by atoms with Gasteiger partial charge in [-0.15, -0.1) is 6.42 Å². The van der Waals surface area contributed by atoms with Crippen molar-refractivity contribution in [2.75, 3.05) is 19.7 Å². The SMILES string of the molecule is C#CCN(CC)C(=O)C1COc2ccccc2C1. The Balaban J connectivity index is 2.09. The summed E-state index contributed by atoms with van der Waals surface area (Å²) in [7, 11) is 0. The first-order valence-electron chi connectivity index (χ1n) is 6.19. The van der Waals surface area contributed by atoms with Crippen molar-refractivity contribution in [3.8, 4) is 18.1 Å². The molecule has 0 radical (unpaired) electrons. The van der Waals surface area contributed by atoms with E-state index in [9.17, 15) is 4.79 Å². The van der Waals surface area contributed by atoms with Crippen molar-refractivity contribution in [1.82, 2.24) is 4.90 Å². The molecule has 1 unspecified atom stereocenters. The zero-order valence-corrected chi connectivity index (χ0v) is 10.6. The number of carbonyl (C=O) groups excluding carboxylic acids is 1. The number of rotatable bonds is 3. The number of hydrogen-bond acceptors (Lipinski definition) is 2. The van der Waals surface area contributed by atoms with Crippen LogP contribution in [0.1, 0.15) is 12.5 Å². The highest BCUT2D eigenvalue weighted by Crippen LogP contribution is 2.27. The average Bonchev–Trinajstić information content (AvgIpc) is 2.43. The molecule has 2 rings (SSSR count). The molecular formula is C15H17NO2. The van der Waals surface area contributed by atoms with Crippen molar-refractivity contribution in [2.24, 2.45) is 5.92 Å². The molecule has 1 heterocycles. The fraction of sp³-hybridized carbons (Fsp3) is 0.400. The van der Waals surface area contributed by atoms with Crippen LogP contribution in [0.5, 0.6) is 5.75 Å². The Labute approximate surface area is 108 Å². The lowest BCUT2D eigenvalue weighted by molar-refractivity contribution is -0.136. The summed E-state index contributed by atoms with van der Waals surface area (Å²) in [6.45, 7) is 3.39. The third-order valence-corrected chi connectivity index (χ3v) is 3.20. The minimum absolute atomic E-state index is 0.0879. The molecule has 0 bridgehead atoms. The van der Waals surface area contributed by atoms with Crippen molar-refractivity contribution < 1.29 is 9.53 Å². The highest BCUT2D eigenvalue weighted by Gasteiger charge is 2.28. The average molecular weight is 243 g/mol. The maximum Gasteiger partial charge on any atom is 0.230 e. The number of benzene rings is 1. The third-order valence-electron chi connectivity index (χ3n) is 3.20. The van der Waals surface area contributed by atoms with E-state index in [1.807, 2.05) is 31.2 Å². The van der Waals surface area contributed by atoms with Crippen LogP contribution in [-0.4, -0.2) is 30.5 Å². The summed E-state index contributed by atoms with van der Waals surface area (Å²) in [5, 5.41) is 0. The van der Waals surface area contributed by atoms with E-state index in [0.717, 1.165) is 17.7 Å². The summed E-state index contributed by atoms with van der Waals surface area (Å²) < 4.78 is 5.63. The van der Waals surface area contributed by atoms with Crippen molar-refractivity contribution in [3.63, 3.8) is 0 Å². The number of carbonyl (C=O) groups is 1. The van der Waals surface area contributed by atoms with Crippen LogP contribution in [0.15, 0.2) is 24.3 Å². The molecule has 1 atom stereocenters. The van der Waals surface area contributed by atoms with Gasteiger partial charge in [-0.05, 0) is 25.0 Å². The van der Waals surface area contributed by atoms with Crippen LogP contribution in [-0.2, 0) is 11.2 Å². The zero-order valence-electron chi connectivity index (χ0n) is 10.6. The van der Waals surface area contributed by atoms with Crippen LogP contribution >= 0.6 is 0 Å². The van der Waals surface area contributed by atoms with Gasteiger partial charge in [0.15, 0.2) is 0 Å². The summed E-state index contributed by atoms with van der Waals surface area (Å²) in [5.74, 6) is 3.38. The first kappa shape index (κ1) is 12.5. The van der Waals surface area contributed by atoms with Crippen molar-refractivity contribution >= 4 is 5.91 Å². The Morgan fingerprint density at radius 2 is 2.33 bits per heavy atom. The van der Waals surface area contributed by atoms with Crippen molar-refractivity contribution in [1.29, 1.82) is 0 Å². The van der Waals surface area contributed by atoms with Crippen LogP contribution in [0.2, 0.25) is 0 Å². The Morgan fingerprint density at radius 3 is 3.06 bits per heavy atom. The monoisotopic (exact) mass is 243 g/mol. The lowest BCUT2D eigenvalue weighted by atomic mass is 9.95. The highest BCUT2D eigenvalue weighted by atomic mass is 16.5. The molecule has 0 saturated carbocycles. The standard InChI is InChI=1S/C15H17NO2/c1-3-9-16(4-2)15(17)13-10-12-7-5-6-8-14(12)18-11-13/h1,5-8,13H,4,9-11H2,2H3. The summed E-state index contributed by atoms with van der Waals surface area (Å²) in [6, 6.07) is 7.85. The number of fused-ring (bicyclic) bond motifs is 1. The Kier molecular flexibility index (Phi) is 3.88. The third kappa shape index (κ3) is 2.48. The second-order valence-corrected chi connectivity index (χ2v) is 4.38. The van der Waals surface area contributed by atoms with Gasteiger partial charge in [-0.1, -0.05) is 24.1 Å². The molecule has 1 aliphatic rings. The van der Waals surface area contributed by atoms with Gasteiger partial charge in [0.1, 0.15) is 12.4 Å². The molecule has 0 saturated heterocycles. The predicted molar refractivity (Wildman–Crippen MR) is 70.2 cm³/mol. The molecule has 1 aromatic rings. The van der Waals surface area contributed by atoms with Crippen molar-refractivity contribution in [2.45, 2.75) is 13.3 Å². The van der Waals surface area contributed by atoms with Crippen molar-refractivity contribution in [3.05, 3.63) is 29.8 Å². The van der Waals surface area contributed by atoms with E-state index in [1.54, 1.807) is 4.90 Å². The molecule has 0 aliphatic carbocycles. The topological polar surface area (TPSA) is 29.5 Å². The van der Waals surface area contributed by atoms with Gasteiger partial charge in [0.05, 0.1) is 12.5 Å². The van der Waals surface area contributed by atoms with E-state index in [1.165, 1.54) is 0 Å². The number of ether oxygens (including phenoxy) is 1. The quantitative estimate of drug-likeness (QED) is 0.756. The lowest BCUT2D eigenvalue weighted by Crippen LogP contribution is -2.40. The molecule has 0 N–H and O–H groups in total. The number of hydrogen-bond donors (Lipinski definition) is 0. The summed E-state index contributed by atoms with van der Waals surface area (Å²) in [4.78, 5) is 14.0. The van der Waals surface area contributed by atoms with Crippen LogP contribution in [0.25, 0.3) is 0 Å². The molecule has 0 fully saturated rings. The second-order valence-electron chi connectivity index (χ2n) is 4.38. The van der Waals surface area contributed by atoms with E-state index in [4.69, 9.17) is 11.2 Å². The smallest absolute Gasteiger partial charge is 0.230 e. The van der Waals surface area contributed by atoms with E-state index >= 15 is 0 Å². The fourth-order valence-electron chi connectivity index (χ4n) is 2.20. The molecule has 0 aromatic heterocycles. The molecule has 0 spiro atoms. The second kappa shape index (κ2) is 5.59. The minimum atomic E-state index is -0.117. The maximum absolute atomic E-state index is 12.3. The lowest BCUT2D eigenvalue weighted by Gasteiger charge is -2.28. The van der Waals surface area contributed by atoms with Gasteiger partial charge in [-0.3, -0.25) is 4.79 Å². The van der Waals surface area contributed by atoms with Crippen LogP contribution in [0, 0.1) is 18.3 Å². The molecule has 1 aromatic carbocycles.